The number of nitrogens with zero attached hydrogens (tertiary/aromatic N) is 1. The molecule has 6 heteroatoms. The highest BCUT2D eigenvalue weighted by Crippen LogP contribution is 2.20. The van der Waals surface area contributed by atoms with E-state index in [1.165, 1.54) is 12.8 Å². The quantitative estimate of drug-likeness (QED) is 0.533. The molecule has 1 aliphatic heterocycles. The number of hydrogen-bond acceptors (Lipinski definition) is 3. The first-order valence-corrected chi connectivity index (χ1v) is 10.5. The molecule has 0 bridgehead atoms. The largest absolute Gasteiger partial charge is 0.339 e. The monoisotopic (exact) mass is 389 g/mol. The molecule has 1 aromatic rings. The van der Waals surface area contributed by atoms with Gasteiger partial charge in [-0.15, -0.1) is 0 Å². The van der Waals surface area contributed by atoms with Crippen LogP contribution < -0.4 is 10.6 Å². The van der Waals surface area contributed by atoms with E-state index in [1.54, 1.807) is 0 Å². The van der Waals surface area contributed by atoms with Crippen molar-refractivity contribution >= 4 is 34.8 Å². The summed E-state index contributed by atoms with van der Waals surface area (Å²) >= 11 is 5.27. The Bertz CT molecular complexity index is 640. The number of benzene rings is 1. The van der Waals surface area contributed by atoms with Gasteiger partial charge in [-0.1, -0.05) is 51.2 Å². The summed E-state index contributed by atoms with van der Waals surface area (Å²) in [6, 6.07) is 7.35. The molecule has 0 aromatic heterocycles. The maximum absolute atomic E-state index is 12.9. The van der Waals surface area contributed by atoms with Gasteiger partial charge in [0.15, 0.2) is 5.11 Å². The zero-order valence-corrected chi connectivity index (χ0v) is 17.1. The van der Waals surface area contributed by atoms with Crippen molar-refractivity contribution in [1.82, 2.24) is 10.2 Å². The van der Waals surface area contributed by atoms with Gasteiger partial charge in [-0.25, -0.2) is 0 Å². The minimum Gasteiger partial charge on any atom is -0.339 e. The van der Waals surface area contributed by atoms with Crippen LogP contribution in [0.1, 0.15) is 75.1 Å². The molecule has 2 rings (SSSR count). The first-order chi connectivity index (χ1) is 13.1. The van der Waals surface area contributed by atoms with E-state index in [-0.39, 0.29) is 16.9 Å². The molecule has 2 amide bonds. The summed E-state index contributed by atoms with van der Waals surface area (Å²) in [6.45, 7) is 3.74. The summed E-state index contributed by atoms with van der Waals surface area (Å²) in [5.74, 6) is -0.0615. The molecule has 1 heterocycles. The molecule has 1 saturated heterocycles. The van der Waals surface area contributed by atoms with Crippen molar-refractivity contribution in [3.8, 4) is 0 Å². The van der Waals surface area contributed by atoms with Crippen LogP contribution in [0.15, 0.2) is 24.3 Å². The summed E-state index contributed by atoms with van der Waals surface area (Å²) in [5, 5.41) is 5.99. The predicted molar refractivity (Wildman–Crippen MR) is 114 cm³/mol. The van der Waals surface area contributed by atoms with Crippen LogP contribution in [-0.4, -0.2) is 34.9 Å². The summed E-state index contributed by atoms with van der Waals surface area (Å²) in [4.78, 5) is 26.9. The number of anilines is 1. The van der Waals surface area contributed by atoms with Gasteiger partial charge in [-0.3, -0.25) is 9.59 Å². The predicted octanol–water partition coefficient (Wildman–Crippen LogP) is 4.49. The standard InChI is InChI=1S/C21H31N3O2S/c1-2-3-4-7-14-19(25)23-21(27)22-18-13-9-8-12-17(18)20(26)24-15-10-5-6-11-16-24/h8-9,12-13H,2-7,10-11,14-16H2,1H3,(H2,22,23,25,27). The van der Waals surface area contributed by atoms with Crippen molar-refractivity contribution in [3.63, 3.8) is 0 Å². The second-order valence-electron chi connectivity index (χ2n) is 7.06. The molecule has 0 atom stereocenters. The Morgan fingerprint density at radius 3 is 2.44 bits per heavy atom. The van der Waals surface area contributed by atoms with E-state index in [0.29, 0.717) is 17.7 Å². The van der Waals surface area contributed by atoms with E-state index in [9.17, 15) is 9.59 Å². The number of para-hydroxylation sites is 1. The molecule has 1 aliphatic rings. The minimum atomic E-state index is -0.0834. The fourth-order valence-electron chi connectivity index (χ4n) is 3.28. The van der Waals surface area contributed by atoms with Crippen LogP contribution in [-0.2, 0) is 4.79 Å². The Labute approximate surface area is 167 Å². The van der Waals surface area contributed by atoms with Gasteiger partial charge in [0, 0.05) is 19.5 Å². The van der Waals surface area contributed by atoms with Gasteiger partial charge in [0.2, 0.25) is 5.91 Å². The number of carbonyl (C=O) groups is 2. The second kappa shape index (κ2) is 11.7. The number of carbonyl (C=O) groups excluding carboxylic acids is 2. The number of rotatable bonds is 7. The average Bonchev–Trinajstić information content (AvgIpc) is 2.94. The fourth-order valence-corrected chi connectivity index (χ4v) is 3.50. The van der Waals surface area contributed by atoms with Crippen LogP contribution in [0.3, 0.4) is 0 Å². The third-order valence-electron chi connectivity index (χ3n) is 4.81. The number of thiocarbonyl (C=S) groups is 1. The van der Waals surface area contributed by atoms with E-state index in [2.05, 4.69) is 17.6 Å². The first-order valence-electron chi connectivity index (χ1n) is 10.1. The average molecular weight is 390 g/mol. The van der Waals surface area contributed by atoms with Gasteiger partial charge in [0.1, 0.15) is 0 Å². The molecule has 1 aromatic carbocycles. The van der Waals surface area contributed by atoms with Gasteiger partial charge < -0.3 is 15.5 Å². The van der Waals surface area contributed by atoms with Crippen molar-refractivity contribution in [2.24, 2.45) is 0 Å². The third kappa shape index (κ3) is 7.29. The molecular formula is C21H31N3O2S. The zero-order valence-electron chi connectivity index (χ0n) is 16.3. The van der Waals surface area contributed by atoms with Crippen LogP contribution in [0.5, 0.6) is 0 Å². The van der Waals surface area contributed by atoms with Crippen LogP contribution in [0.25, 0.3) is 0 Å². The lowest BCUT2D eigenvalue weighted by Crippen LogP contribution is -2.36. The summed E-state index contributed by atoms with van der Waals surface area (Å²) < 4.78 is 0. The Hall–Kier alpha value is -1.95. The zero-order chi connectivity index (χ0) is 19.5. The van der Waals surface area contributed by atoms with Gasteiger partial charge in [-0.05, 0) is 43.6 Å². The van der Waals surface area contributed by atoms with E-state index in [4.69, 9.17) is 12.2 Å². The molecule has 5 nitrogen and oxygen atoms in total. The molecule has 0 saturated carbocycles. The molecule has 0 spiro atoms. The fraction of sp³-hybridized carbons (Fsp3) is 0.571. The molecule has 27 heavy (non-hydrogen) atoms. The number of amides is 2. The SMILES string of the molecule is CCCCCCC(=O)NC(=S)Nc1ccccc1C(=O)N1CCCCCC1. The molecule has 1 fully saturated rings. The highest BCUT2D eigenvalue weighted by atomic mass is 32.1. The van der Waals surface area contributed by atoms with Gasteiger partial charge in [0.25, 0.3) is 5.91 Å². The summed E-state index contributed by atoms with van der Waals surface area (Å²) in [6.07, 6.45) is 9.13. The molecule has 0 aliphatic carbocycles. The van der Waals surface area contributed by atoms with Crippen LogP contribution in [0.4, 0.5) is 5.69 Å². The number of likely N-dealkylation sites (tertiary alicyclic amines) is 1. The minimum absolute atomic E-state index is 0.0219. The lowest BCUT2D eigenvalue weighted by Gasteiger charge is -2.22. The Morgan fingerprint density at radius 2 is 1.74 bits per heavy atom. The van der Waals surface area contributed by atoms with Crippen LogP contribution >= 0.6 is 12.2 Å². The van der Waals surface area contributed by atoms with E-state index < -0.39 is 0 Å². The van der Waals surface area contributed by atoms with Crippen molar-refractivity contribution in [1.29, 1.82) is 0 Å². The van der Waals surface area contributed by atoms with E-state index in [0.717, 1.165) is 51.6 Å². The lowest BCUT2D eigenvalue weighted by atomic mass is 10.1. The normalized spacial score (nSPS) is 14.3. The first kappa shape index (κ1) is 21.4. The Morgan fingerprint density at radius 1 is 1.04 bits per heavy atom. The van der Waals surface area contributed by atoms with E-state index in [1.807, 2.05) is 29.2 Å². The smallest absolute Gasteiger partial charge is 0.255 e. The van der Waals surface area contributed by atoms with Gasteiger partial charge in [-0.2, -0.15) is 0 Å². The summed E-state index contributed by atoms with van der Waals surface area (Å²) in [7, 11) is 0. The molecule has 0 unspecified atom stereocenters. The molecule has 2 N–H and O–H groups in total. The van der Waals surface area contributed by atoms with Crippen molar-refractivity contribution in [2.45, 2.75) is 64.7 Å². The van der Waals surface area contributed by atoms with Crippen LogP contribution in [0.2, 0.25) is 0 Å². The maximum atomic E-state index is 12.9. The highest BCUT2D eigenvalue weighted by Gasteiger charge is 2.20. The van der Waals surface area contributed by atoms with Gasteiger partial charge >= 0.3 is 0 Å². The molecule has 148 valence electrons. The molecule has 0 radical (unpaired) electrons. The maximum Gasteiger partial charge on any atom is 0.255 e. The number of hydrogen-bond donors (Lipinski definition) is 2. The number of unbranched alkanes of at least 4 members (excludes halogenated alkanes) is 3. The second-order valence-corrected chi connectivity index (χ2v) is 7.47. The summed E-state index contributed by atoms with van der Waals surface area (Å²) in [5.41, 5.74) is 1.24. The van der Waals surface area contributed by atoms with E-state index >= 15 is 0 Å². The molecular weight excluding hydrogens is 358 g/mol. The van der Waals surface area contributed by atoms with Crippen molar-refractivity contribution < 1.29 is 9.59 Å². The Kier molecular flexibility index (Phi) is 9.25. The van der Waals surface area contributed by atoms with Crippen LogP contribution in [0, 0.1) is 0 Å². The third-order valence-corrected chi connectivity index (χ3v) is 5.01. The Balaban J connectivity index is 1.93. The van der Waals surface area contributed by atoms with Crippen molar-refractivity contribution in [3.05, 3.63) is 29.8 Å². The highest BCUT2D eigenvalue weighted by molar-refractivity contribution is 7.80. The van der Waals surface area contributed by atoms with Crippen molar-refractivity contribution in [2.75, 3.05) is 18.4 Å². The topological polar surface area (TPSA) is 61.4 Å². The lowest BCUT2D eigenvalue weighted by molar-refractivity contribution is -0.119. The van der Waals surface area contributed by atoms with Gasteiger partial charge in [0.05, 0.1) is 11.3 Å². The number of nitrogens with one attached hydrogen (secondary N) is 2.